The Morgan fingerprint density at radius 1 is 1.10 bits per heavy atom. The number of amides is 2. The molecule has 0 aliphatic carbocycles. The Bertz CT molecular complexity index is 908. The Kier molecular flexibility index (Phi) is 6.77. The summed E-state index contributed by atoms with van der Waals surface area (Å²) in [5.41, 5.74) is 3.12. The van der Waals surface area contributed by atoms with E-state index < -0.39 is 0 Å². The largest absolute Gasteiger partial charge is 0.484 e. The van der Waals surface area contributed by atoms with Crippen LogP contribution in [0.2, 0.25) is 0 Å². The number of nitrogens with one attached hydrogen (secondary N) is 1. The maximum Gasteiger partial charge on any atom is 0.259 e. The van der Waals surface area contributed by atoms with Crippen molar-refractivity contribution in [2.75, 3.05) is 33.8 Å². The van der Waals surface area contributed by atoms with E-state index >= 15 is 0 Å². The predicted octanol–water partition coefficient (Wildman–Crippen LogP) is 2.72. The number of carbonyl (C=O) groups excluding carboxylic acids is 2. The first-order valence-corrected chi connectivity index (χ1v) is 10.3. The van der Waals surface area contributed by atoms with Gasteiger partial charge in [-0.1, -0.05) is 30.3 Å². The molecule has 2 amide bonds. The molecule has 6 nitrogen and oxygen atoms in total. The molecule has 0 atom stereocenters. The highest BCUT2D eigenvalue weighted by Crippen LogP contribution is 2.25. The molecule has 0 unspecified atom stereocenters. The van der Waals surface area contributed by atoms with E-state index in [0.717, 1.165) is 19.5 Å². The lowest BCUT2D eigenvalue weighted by atomic mass is 9.94. The van der Waals surface area contributed by atoms with Crippen LogP contribution >= 0.6 is 0 Å². The zero-order chi connectivity index (χ0) is 21.7. The van der Waals surface area contributed by atoms with Crippen molar-refractivity contribution < 1.29 is 14.3 Å². The van der Waals surface area contributed by atoms with E-state index in [1.807, 2.05) is 0 Å². The van der Waals surface area contributed by atoms with Gasteiger partial charge in [0, 0.05) is 44.8 Å². The Labute approximate surface area is 178 Å². The summed E-state index contributed by atoms with van der Waals surface area (Å²) in [6.45, 7) is 6.67. The fourth-order valence-electron chi connectivity index (χ4n) is 3.52. The van der Waals surface area contributed by atoms with Crippen LogP contribution in [0.5, 0.6) is 5.75 Å². The third-order valence-electron chi connectivity index (χ3n) is 5.63. The molecule has 2 aromatic carbocycles. The summed E-state index contributed by atoms with van der Waals surface area (Å²) in [5.74, 6) is 0.226. The number of nitrogens with zero attached hydrogens (tertiary/aromatic N) is 2. The van der Waals surface area contributed by atoms with Crippen LogP contribution in [-0.2, 0) is 17.8 Å². The molecule has 1 N–H and O–H groups in total. The first-order valence-electron chi connectivity index (χ1n) is 10.3. The van der Waals surface area contributed by atoms with E-state index in [1.165, 1.54) is 16.0 Å². The van der Waals surface area contributed by atoms with Gasteiger partial charge in [-0.3, -0.25) is 14.5 Å². The van der Waals surface area contributed by atoms with E-state index in [9.17, 15) is 9.59 Å². The molecule has 0 bridgehead atoms. The van der Waals surface area contributed by atoms with Crippen molar-refractivity contribution in [1.29, 1.82) is 0 Å². The topological polar surface area (TPSA) is 61.9 Å². The van der Waals surface area contributed by atoms with Crippen LogP contribution in [-0.4, -0.2) is 60.9 Å². The van der Waals surface area contributed by atoms with Gasteiger partial charge in [-0.05, 0) is 49.6 Å². The molecular weight excluding hydrogens is 378 g/mol. The Balaban J connectivity index is 1.57. The van der Waals surface area contributed by atoms with Crippen molar-refractivity contribution in [3.05, 3.63) is 65.2 Å². The predicted molar refractivity (Wildman–Crippen MR) is 118 cm³/mol. The van der Waals surface area contributed by atoms with E-state index in [2.05, 4.69) is 48.3 Å². The Morgan fingerprint density at radius 2 is 1.83 bits per heavy atom. The normalized spacial score (nSPS) is 14.0. The summed E-state index contributed by atoms with van der Waals surface area (Å²) in [6, 6.07) is 15.5. The molecule has 0 fully saturated rings. The van der Waals surface area contributed by atoms with Crippen molar-refractivity contribution in [3.8, 4) is 5.75 Å². The molecule has 3 rings (SSSR count). The average molecular weight is 410 g/mol. The van der Waals surface area contributed by atoms with Crippen molar-refractivity contribution >= 4 is 11.8 Å². The fourth-order valence-corrected chi connectivity index (χ4v) is 3.52. The highest BCUT2D eigenvalue weighted by atomic mass is 16.5. The van der Waals surface area contributed by atoms with Gasteiger partial charge >= 0.3 is 0 Å². The Hall–Kier alpha value is -2.86. The molecule has 0 saturated heterocycles. The number of ether oxygens (including phenoxy) is 1. The van der Waals surface area contributed by atoms with Crippen LogP contribution in [0.15, 0.2) is 48.5 Å². The van der Waals surface area contributed by atoms with Crippen LogP contribution in [0.3, 0.4) is 0 Å². The van der Waals surface area contributed by atoms with Crippen molar-refractivity contribution in [1.82, 2.24) is 15.1 Å². The first-order chi connectivity index (χ1) is 14.3. The molecule has 1 aliphatic rings. The van der Waals surface area contributed by atoms with E-state index in [-0.39, 0.29) is 24.0 Å². The van der Waals surface area contributed by atoms with Crippen LogP contribution < -0.4 is 10.1 Å². The van der Waals surface area contributed by atoms with E-state index in [0.29, 0.717) is 17.9 Å². The molecular formula is C24H31N3O3. The van der Waals surface area contributed by atoms with Crippen LogP contribution in [0.4, 0.5) is 0 Å². The van der Waals surface area contributed by atoms with Gasteiger partial charge in [0.15, 0.2) is 6.61 Å². The molecule has 0 spiro atoms. The number of benzene rings is 2. The summed E-state index contributed by atoms with van der Waals surface area (Å²) < 4.78 is 5.51. The summed E-state index contributed by atoms with van der Waals surface area (Å²) in [4.78, 5) is 28.3. The molecule has 0 saturated carbocycles. The number of hydrogen-bond donors (Lipinski definition) is 1. The minimum Gasteiger partial charge on any atom is -0.484 e. The lowest BCUT2D eigenvalue weighted by molar-refractivity contribution is -0.130. The molecule has 1 aliphatic heterocycles. The SMILES string of the molecule is CN(C)C(=O)COc1cccc(C(=O)NCC(C)(C)N2CCc3ccccc3C2)c1. The minimum absolute atomic E-state index is 0.0540. The number of hydrogen-bond acceptors (Lipinski definition) is 4. The smallest absolute Gasteiger partial charge is 0.259 e. The average Bonchev–Trinajstić information content (AvgIpc) is 2.75. The van der Waals surface area contributed by atoms with Gasteiger partial charge < -0.3 is 15.0 Å². The fraction of sp³-hybridized carbons (Fsp3) is 0.417. The van der Waals surface area contributed by atoms with Gasteiger partial charge in [0.2, 0.25) is 0 Å². The molecule has 160 valence electrons. The monoisotopic (exact) mass is 409 g/mol. The quantitative estimate of drug-likeness (QED) is 0.764. The second kappa shape index (κ2) is 9.30. The summed E-state index contributed by atoms with van der Waals surface area (Å²) in [6.07, 6.45) is 1.03. The van der Waals surface area contributed by atoms with E-state index in [1.54, 1.807) is 38.4 Å². The number of rotatable bonds is 7. The highest BCUT2D eigenvalue weighted by Gasteiger charge is 2.30. The first kappa shape index (κ1) is 21.8. The van der Waals surface area contributed by atoms with Gasteiger partial charge in [0.1, 0.15) is 5.75 Å². The second-order valence-corrected chi connectivity index (χ2v) is 8.54. The molecule has 6 heteroatoms. The van der Waals surface area contributed by atoms with Crippen molar-refractivity contribution in [2.24, 2.45) is 0 Å². The van der Waals surface area contributed by atoms with Crippen molar-refractivity contribution in [2.45, 2.75) is 32.4 Å². The summed E-state index contributed by atoms with van der Waals surface area (Å²) in [5, 5.41) is 3.06. The summed E-state index contributed by atoms with van der Waals surface area (Å²) in [7, 11) is 3.36. The highest BCUT2D eigenvalue weighted by molar-refractivity contribution is 5.94. The molecule has 1 heterocycles. The lowest BCUT2D eigenvalue weighted by Gasteiger charge is -2.41. The third-order valence-corrected chi connectivity index (χ3v) is 5.63. The van der Waals surface area contributed by atoms with Crippen LogP contribution in [0.1, 0.15) is 35.3 Å². The number of fused-ring (bicyclic) bond motifs is 1. The van der Waals surface area contributed by atoms with Gasteiger partial charge in [-0.25, -0.2) is 0 Å². The molecule has 0 radical (unpaired) electrons. The minimum atomic E-state index is -0.171. The maximum absolute atomic E-state index is 12.7. The molecule has 2 aromatic rings. The van der Waals surface area contributed by atoms with Gasteiger partial charge in [0.05, 0.1) is 0 Å². The van der Waals surface area contributed by atoms with Crippen molar-refractivity contribution in [3.63, 3.8) is 0 Å². The van der Waals surface area contributed by atoms with Crippen LogP contribution in [0, 0.1) is 0 Å². The van der Waals surface area contributed by atoms with Gasteiger partial charge in [-0.2, -0.15) is 0 Å². The maximum atomic E-state index is 12.7. The van der Waals surface area contributed by atoms with Gasteiger partial charge in [0.25, 0.3) is 11.8 Å². The number of carbonyl (C=O) groups is 2. The zero-order valence-corrected chi connectivity index (χ0v) is 18.3. The zero-order valence-electron chi connectivity index (χ0n) is 18.3. The summed E-state index contributed by atoms with van der Waals surface area (Å²) >= 11 is 0. The lowest BCUT2D eigenvalue weighted by Crippen LogP contribution is -2.53. The van der Waals surface area contributed by atoms with Gasteiger partial charge in [-0.15, -0.1) is 0 Å². The second-order valence-electron chi connectivity index (χ2n) is 8.54. The van der Waals surface area contributed by atoms with E-state index in [4.69, 9.17) is 4.74 Å². The third kappa shape index (κ3) is 5.39. The van der Waals surface area contributed by atoms with Crippen LogP contribution in [0.25, 0.3) is 0 Å². The number of likely N-dealkylation sites (N-methyl/N-ethyl adjacent to an activating group) is 1. The molecule has 0 aromatic heterocycles. The Morgan fingerprint density at radius 3 is 2.57 bits per heavy atom. The standard InChI is InChI=1S/C24H31N3O3/c1-24(2,27-13-12-18-8-5-6-9-20(18)15-27)17-25-23(29)19-10-7-11-21(14-19)30-16-22(28)26(3)4/h5-11,14H,12-13,15-17H2,1-4H3,(H,25,29). The molecule has 30 heavy (non-hydrogen) atoms.